The average molecular weight is 370 g/mol. The van der Waals surface area contributed by atoms with Crippen LogP contribution in [0.3, 0.4) is 0 Å². The van der Waals surface area contributed by atoms with Gasteiger partial charge in [-0.15, -0.1) is 0 Å². The Morgan fingerprint density at radius 3 is 2.62 bits per heavy atom. The predicted molar refractivity (Wildman–Crippen MR) is 94.3 cm³/mol. The highest BCUT2D eigenvalue weighted by Gasteiger charge is 2.35. The van der Waals surface area contributed by atoms with Gasteiger partial charge < -0.3 is 15.1 Å². The van der Waals surface area contributed by atoms with Crippen LogP contribution in [0.25, 0.3) is 0 Å². The van der Waals surface area contributed by atoms with E-state index in [4.69, 9.17) is 11.6 Å². The zero-order chi connectivity index (χ0) is 17.1. The highest BCUT2D eigenvalue weighted by Crippen LogP contribution is 2.22. The maximum atomic E-state index is 12.2. The lowest BCUT2D eigenvalue weighted by atomic mass is 10.1. The number of rotatable bonds is 5. The monoisotopic (exact) mass is 369 g/mol. The molecule has 130 valence electrons. The fourth-order valence-electron chi connectivity index (χ4n) is 2.93. The Labute approximate surface area is 149 Å². The zero-order valence-electron chi connectivity index (χ0n) is 13.3. The molecule has 2 aliphatic rings. The lowest BCUT2D eigenvalue weighted by molar-refractivity contribution is -0.135. The zero-order valence-corrected chi connectivity index (χ0v) is 14.9. The van der Waals surface area contributed by atoms with Crippen LogP contribution in [0.1, 0.15) is 0 Å². The molecule has 9 heteroatoms. The van der Waals surface area contributed by atoms with Gasteiger partial charge in [-0.2, -0.15) is 0 Å². The number of thiazole rings is 1. The molecule has 0 bridgehead atoms. The quantitative estimate of drug-likeness (QED) is 0.776. The summed E-state index contributed by atoms with van der Waals surface area (Å²) in [4.78, 5) is 33.8. The summed E-state index contributed by atoms with van der Waals surface area (Å²) in [5.74, 6) is 0.0615. The van der Waals surface area contributed by atoms with Crippen LogP contribution in [0, 0.1) is 0 Å². The van der Waals surface area contributed by atoms with E-state index in [0.29, 0.717) is 28.6 Å². The van der Waals surface area contributed by atoms with E-state index in [0.717, 1.165) is 26.2 Å². The van der Waals surface area contributed by atoms with Gasteiger partial charge in [0.1, 0.15) is 4.34 Å². The van der Waals surface area contributed by atoms with Gasteiger partial charge in [0.2, 0.25) is 11.8 Å². The lowest BCUT2D eigenvalue weighted by Crippen LogP contribution is -2.64. The van der Waals surface area contributed by atoms with Crippen molar-refractivity contribution in [3.8, 4) is 0 Å². The van der Waals surface area contributed by atoms with Gasteiger partial charge in [0, 0.05) is 45.3 Å². The molecular weight excluding hydrogens is 350 g/mol. The van der Waals surface area contributed by atoms with Gasteiger partial charge in [-0.3, -0.25) is 14.5 Å². The number of carbonyl (C=O) groups excluding carboxylic acids is 2. The number of hydrogen-bond donors (Lipinski definition) is 1. The maximum Gasteiger partial charge on any atom is 0.246 e. The largest absolute Gasteiger partial charge is 0.352 e. The lowest BCUT2D eigenvalue weighted by Gasteiger charge is -2.47. The summed E-state index contributed by atoms with van der Waals surface area (Å²) in [5, 5.41) is 3.67. The van der Waals surface area contributed by atoms with E-state index in [9.17, 15) is 9.59 Å². The minimum atomic E-state index is -0.00609. The van der Waals surface area contributed by atoms with E-state index in [1.165, 1.54) is 17.4 Å². The number of piperazine rings is 1. The van der Waals surface area contributed by atoms with Gasteiger partial charge in [0.25, 0.3) is 0 Å². The fraction of sp³-hybridized carbons (Fsp3) is 0.533. The first kappa shape index (κ1) is 17.2. The van der Waals surface area contributed by atoms with Gasteiger partial charge in [-0.05, 0) is 6.08 Å². The minimum absolute atomic E-state index is 0.00609. The minimum Gasteiger partial charge on any atom is -0.352 e. The van der Waals surface area contributed by atoms with E-state index in [1.54, 1.807) is 11.1 Å². The molecule has 3 rings (SSSR count). The molecule has 2 aliphatic heterocycles. The molecule has 0 unspecified atom stereocenters. The molecule has 1 aromatic rings. The van der Waals surface area contributed by atoms with Crippen LogP contribution in [0.5, 0.6) is 0 Å². The summed E-state index contributed by atoms with van der Waals surface area (Å²) >= 11 is 7.13. The Morgan fingerprint density at radius 2 is 2.04 bits per heavy atom. The van der Waals surface area contributed by atoms with Crippen molar-refractivity contribution in [1.82, 2.24) is 19.7 Å². The number of amides is 2. The topological polar surface area (TPSA) is 68.8 Å². The van der Waals surface area contributed by atoms with Crippen LogP contribution in [0.4, 0.5) is 5.13 Å². The third-order valence-electron chi connectivity index (χ3n) is 4.40. The number of halogens is 1. The van der Waals surface area contributed by atoms with Gasteiger partial charge in [0.05, 0.1) is 12.7 Å². The highest BCUT2D eigenvalue weighted by atomic mass is 35.5. The molecule has 2 saturated heterocycles. The van der Waals surface area contributed by atoms with Crippen LogP contribution in [-0.4, -0.2) is 83.4 Å². The van der Waals surface area contributed by atoms with Crippen LogP contribution >= 0.6 is 22.9 Å². The summed E-state index contributed by atoms with van der Waals surface area (Å²) < 4.78 is 0.600. The van der Waals surface area contributed by atoms with E-state index in [2.05, 4.69) is 21.8 Å². The maximum absolute atomic E-state index is 12.2. The summed E-state index contributed by atoms with van der Waals surface area (Å²) in [6.07, 6.45) is 2.92. The molecule has 24 heavy (non-hydrogen) atoms. The van der Waals surface area contributed by atoms with Gasteiger partial charge in [-0.1, -0.05) is 29.5 Å². The third-order valence-corrected chi connectivity index (χ3v) is 5.47. The molecule has 1 aromatic heterocycles. The highest BCUT2D eigenvalue weighted by molar-refractivity contribution is 7.19. The molecule has 0 aromatic carbocycles. The molecule has 0 saturated carbocycles. The van der Waals surface area contributed by atoms with E-state index >= 15 is 0 Å². The van der Waals surface area contributed by atoms with E-state index in [-0.39, 0.29) is 18.4 Å². The predicted octanol–water partition coefficient (Wildman–Crippen LogP) is 0.749. The van der Waals surface area contributed by atoms with Gasteiger partial charge in [0.15, 0.2) is 5.13 Å². The second-order valence-corrected chi connectivity index (χ2v) is 7.50. The van der Waals surface area contributed by atoms with Crippen molar-refractivity contribution in [2.45, 2.75) is 6.04 Å². The van der Waals surface area contributed by atoms with Crippen molar-refractivity contribution in [2.75, 3.05) is 51.1 Å². The average Bonchev–Trinajstić information content (AvgIpc) is 2.97. The third kappa shape index (κ3) is 3.88. The first-order valence-electron chi connectivity index (χ1n) is 7.85. The van der Waals surface area contributed by atoms with Crippen molar-refractivity contribution in [3.05, 3.63) is 23.2 Å². The van der Waals surface area contributed by atoms with Crippen molar-refractivity contribution >= 4 is 39.9 Å². The Kier molecular flexibility index (Phi) is 5.37. The molecule has 2 fully saturated rings. The molecule has 0 radical (unpaired) electrons. The van der Waals surface area contributed by atoms with Crippen molar-refractivity contribution in [3.63, 3.8) is 0 Å². The van der Waals surface area contributed by atoms with Crippen LogP contribution < -0.4 is 5.32 Å². The molecule has 1 N–H and O–H groups in total. The Balaban J connectivity index is 1.38. The Bertz CT molecular complexity index is 623. The summed E-state index contributed by atoms with van der Waals surface area (Å²) in [7, 11) is 0. The molecule has 0 spiro atoms. The van der Waals surface area contributed by atoms with Crippen LogP contribution in [-0.2, 0) is 9.59 Å². The molecular formula is C15H20ClN5O2S. The Hall–Kier alpha value is -1.64. The standard InChI is InChI=1S/C15H20ClN5O2S/c1-2-13(22)21-9-11(10-21)19-3-5-20(6-4-19)14(23)8-18-15-17-7-12(16)24-15/h2,7,11H,1,3-6,8-10H2,(H,17,18). The fourth-order valence-corrected chi connectivity index (χ4v) is 3.74. The van der Waals surface area contributed by atoms with Gasteiger partial charge >= 0.3 is 0 Å². The van der Waals surface area contributed by atoms with Crippen molar-refractivity contribution in [2.24, 2.45) is 0 Å². The second kappa shape index (κ2) is 7.50. The summed E-state index contributed by atoms with van der Waals surface area (Å²) in [6, 6.07) is 0.404. The van der Waals surface area contributed by atoms with Crippen LogP contribution in [0.15, 0.2) is 18.9 Å². The van der Waals surface area contributed by atoms with E-state index in [1.807, 2.05) is 4.90 Å². The molecule has 7 nitrogen and oxygen atoms in total. The number of likely N-dealkylation sites (tertiary alicyclic amines) is 1. The summed E-state index contributed by atoms with van der Waals surface area (Å²) in [6.45, 7) is 8.36. The Morgan fingerprint density at radius 1 is 1.33 bits per heavy atom. The number of nitrogens with zero attached hydrogens (tertiary/aromatic N) is 4. The van der Waals surface area contributed by atoms with Crippen LogP contribution in [0.2, 0.25) is 4.34 Å². The van der Waals surface area contributed by atoms with Crippen molar-refractivity contribution < 1.29 is 9.59 Å². The number of anilines is 1. The molecule has 2 amide bonds. The van der Waals surface area contributed by atoms with Crippen molar-refractivity contribution in [1.29, 1.82) is 0 Å². The molecule has 0 aliphatic carbocycles. The number of hydrogen-bond acceptors (Lipinski definition) is 6. The molecule has 0 atom stereocenters. The summed E-state index contributed by atoms with van der Waals surface area (Å²) in [5.41, 5.74) is 0. The first-order valence-corrected chi connectivity index (χ1v) is 9.04. The first-order chi connectivity index (χ1) is 11.6. The normalized spacial score (nSPS) is 19.0. The second-order valence-electron chi connectivity index (χ2n) is 5.84. The number of nitrogens with one attached hydrogen (secondary N) is 1. The number of aromatic nitrogens is 1. The smallest absolute Gasteiger partial charge is 0.246 e. The van der Waals surface area contributed by atoms with Gasteiger partial charge in [-0.25, -0.2) is 4.98 Å². The SMILES string of the molecule is C=CC(=O)N1CC(N2CCN(C(=O)CNc3ncc(Cl)s3)CC2)C1. The number of carbonyl (C=O) groups is 2. The molecule has 3 heterocycles. The van der Waals surface area contributed by atoms with E-state index < -0.39 is 0 Å².